The molecule has 3 N–H and O–H groups in total. The third-order valence-electron chi connectivity index (χ3n) is 3.09. The van der Waals surface area contributed by atoms with Crippen LogP contribution in [-0.2, 0) is 9.59 Å². The normalized spacial score (nSPS) is 10.0. The molecule has 0 aromatic heterocycles. The van der Waals surface area contributed by atoms with Gasteiger partial charge < -0.3 is 16.0 Å². The highest BCUT2D eigenvalue weighted by atomic mass is 127. The molecule has 0 saturated heterocycles. The third-order valence-corrected chi connectivity index (χ3v) is 4.03. The summed E-state index contributed by atoms with van der Waals surface area (Å²) in [5.74, 6) is -1.94. The monoisotopic (exact) mass is 455 g/mol. The Labute approximate surface area is 157 Å². The van der Waals surface area contributed by atoms with Crippen molar-refractivity contribution in [1.29, 1.82) is 0 Å². The van der Waals surface area contributed by atoms with Gasteiger partial charge in [-0.2, -0.15) is 0 Å². The first-order chi connectivity index (χ1) is 11.9. The lowest BCUT2D eigenvalue weighted by Crippen LogP contribution is -2.33. The van der Waals surface area contributed by atoms with Gasteiger partial charge in [-0.15, -0.1) is 0 Å². The van der Waals surface area contributed by atoms with Gasteiger partial charge in [-0.1, -0.05) is 12.1 Å². The largest absolute Gasteiger partial charge is 0.343 e. The van der Waals surface area contributed by atoms with Crippen LogP contribution in [0.3, 0.4) is 0 Å². The molecule has 0 aliphatic carbocycles. The molecule has 0 aliphatic rings. The smallest absolute Gasteiger partial charge is 0.252 e. The molecule has 0 heterocycles. The van der Waals surface area contributed by atoms with E-state index in [-0.39, 0.29) is 18.1 Å². The van der Waals surface area contributed by atoms with E-state index in [9.17, 15) is 18.8 Å². The number of benzene rings is 2. The maximum atomic E-state index is 13.8. The van der Waals surface area contributed by atoms with Gasteiger partial charge in [-0.05, 0) is 52.9 Å². The van der Waals surface area contributed by atoms with Crippen LogP contribution in [0.15, 0.2) is 42.5 Å². The molecule has 3 amide bonds. The quantitative estimate of drug-likeness (QED) is 0.607. The molecule has 2 rings (SSSR count). The van der Waals surface area contributed by atoms with Crippen molar-refractivity contribution < 1.29 is 18.8 Å². The molecule has 2 aromatic rings. The van der Waals surface area contributed by atoms with Gasteiger partial charge in [0.15, 0.2) is 0 Å². The van der Waals surface area contributed by atoms with Crippen LogP contribution in [-0.4, -0.2) is 24.3 Å². The average Bonchev–Trinajstić information content (AvgIpc) is 2.55. The summed E-state index contributed by atoms with van der Waals surface area (Å²) in [6, 6.07) is 10.8. The van der Waals surface area contributed by atoms with E-state index in [1.807, 2.05) is 22.6 Å². The van der Waals surface area contributed by atoms with Gasteiger partial charge >= 0.3 is 0 Å². The van der Waals surface area contributed by atoms with Crippen LogP contribution in [0.4, 0.5) is 15.8 Å². The van der Waals surface area contributed by atoms with Gasteiger partial charge in [0.2, 0.25) is 11.8 Å². The lowest BCUT2D eigenvalue weighted by molar-refractivity contribution is -0.115. The molecule has 0 fully saturated rings. The lowest BCUT2D eigenvalue weighted by atomic mass is 10.2. The number of hydrogen-bond donors (Lipinski definition) is 3. The minimum absolute atomic E-state index is 0.0835. The number of nitrogens with one attached hydrogen (secondary N) is 3. The Morgan fingerprint density at radius 3 is 2.48 bits per heavy atom. The van der Waals surface area contributed by atoms with Crippen molar-refractivity contribution in [2.24, 2.45) is 0 Å². The van der Waals surface area contributed by atoms with Gasteiger partial charge in [0.1, 0.15) is 5.82 Å². The standard InChI is InChI=1S/C17H15FIN3O3/c1-10(23)21-11-6-7-13(18)15(8-11)22-16(24)9-20-17(25)12-4-2-3-5-14(12)19/h2-8H,9H2,1H3,(H,20,25)(H,21,23)(H,22,24). The summed E-state index contributed by atoms with van der Waals surface area (Å²) in [4.78, 5) is 35.0. The molecular formula is C17H15FIN3O3. The molecule has 25 heavy (non-hydrogen) atoms. The van der Waals surface area contributed by atoms with Gasteiger partial charge in [0.05, 0.1) is 17.8 Å². The number of anilines is 2. The number of rotatable bonds is 5. The molecule has 2 aromatic carbocycles. The first-order valence-electron chi connectivity index (χ1n) is 7.26. The maximum Gasteiger partial charge on any atom is 0.252 e. The molecule has 6 nitrogen and oxygen atoms in total. The van der Waals surface area contributed by atoms with E-state index in [1.54, 1.807) is 24.3 Å². The molecule has 0 radical (unpaired) electrons. The Kier molecular flexibility index (Phi) is 6.45. The molecule has 0 spiro atoms. The van der Waals surface area contributed by atoms with Gasteiger partial charge in [0.25, 0.3) is 5.91 Å². The van der Waals surface area contributed by atoms with Crippen LogP contribution in [0, 0.1) is 9.39 Å². The van der Waals surface area contributed by atoms with E-state index in [4.69, 9.17) is 0 Å². The van der Waals surface area contributed by atoms with E-state index in [2.05, 4.69) is 16.0 Å². The zero-order valence-corrected chi connectivity index (χ0v) is 15.4. The van der Waals surface area contributed by atoms with E-state index in [0.717, 1.165) is 9.64 Å². The van der Waals surface area contributed by atoms with Crippen LogP contribution in [0.5, 0.6) is 0 Å². The summed E-state index contributed by atoms with van der Waals surface area (Å²) in [5.41, 5.74) is 0.724. The summed E-state index contributed by atoms with van der Waals surface area (Å²) in [6.45, 7) is 1.01. The predicted molar refractivity (Wildman–Crippen MR) is 101 cm³/mol. The number of amides is 3. The van der Waals surface area contributed by atoms with Gasteiger partial charge in [-0.25, -0.2) is 4.39 Å². The van der Waals surface area contributed by atoms with Crippen LogP contribution in [0.1, 0.15) is 17.3 Å². The van der Waals surface area contributed by atoms with Crippen LogP contribution in [0.25, 0.3) is 0 Å². The highest BCUT2D eigenvalue weighted by molar-refractivity contribution is 14.1. The lowest BCUT2D eigenvalue weighted by Gasteiger charge is -2.10. The summed E-state index contributed by atoms with van der Waals surface area (Å²) in [7, 11) is 0. The summed E-state index contributed by atoms with van der Waals surface area (Å²) in [6.07, 6.45) is 0. The Morgan fingerprint density at radius 2 is 1.80 bits per heavy atom. The van der Waals surface area contributed by atoms with E-state index < -0.39 is 17.6 Å². The average molecular weight is 455 g/mol. The Balaban J connectivity index is 1.97. The Bertz CT molecular complexity index is 827. The summed E-state index contributed by atoms with van der Waals surface area (Å²) >= 11 is 2.02. The third kappa shape index (κ3) is 5.52. The van der Waals surface area contributed by atoms with E-state index in [1.165, 1.54) is 19.1 Å². The SMILES string of the molecule is CC(=O)Nc1ccc(F)c(NC(=O)CNC(=O)c2ccccc2I)c1. The van der Waals surface area contributed by atoms with Crippen molar-refractivity contribution in [3.63, 3.8) is 0 Å². The molecule has 0 bridgehead atoms. The van der Waals surface area contributed by atoms with Gasteiger partial charge in [0, 0.05) is 16.2 Å². The van der Waals surface area contributed by atoms with Crippen molar-refractivity contribution >= 4 is 51.7 Å². The molecule has 0 saturated carbocycles. The fraction of sp³-hybridized carbons (Fsp3) is 0.118. The van der Waals surface area contributed by atoms with Crippen LogP contribution in [0.2, 0.25) is 0 Å². The molecule has 0 aliphatic heterocycles. The summed E-state index contributed by atoms with van der Waals surface area (Å²) < 4.78 is 14.5. The van der Waals surface area contributed by atoms with Crippen molar-refractivity contribution in [2.75, 3.05) is 17.2 Å². The zero-order valence-electron chi connectivity index (χ0n) is 13.2. The highest BCUT2D eigenvalue weighted by Crippen LogP contribution is 2.19. The molecule has 0 atom stereocenters. The second-order valence-electron chi connectivity index (χ2n) is 5.09. The van der Waals surface area contributed by atoms with Crippen molar-refractivity contribution in [2.45, 2.75) is 6.92 Å². The van der Waals surface area contributed by atoms with Gasteiger partial charge in [-0.3, -0.25) is 14.4 Å². The molecule has 0 unspecified atom stereocenters. The maximum absolute atomic E-state index is 13.8. The van der Waals surface area contributed by atoms with E-state index in [0.29, 0.717) is 11.3 Å². The van der Waals surface area contributed by atoms with E-state index >= 15 is 0 Å². The highest BCUT2D eigenvalue weighted by Gasteiger charge is 2.12. The topological polar surface area (TPSA) is 87.3 Å². The first kappa shape index (κ1) is 18.8. The second-order valence-corrected chi connectivity index (χ2v) is 6.25. The Morgan fingerprint density at radius 1 is 1.08 bits per heavy atom. The number of carbonyl (C=O) groups excluding carboxylic acids is 3. The first-order valence-corrected chi connectivity index (χ1v) is 8.34. The van der Waals surface area contributed by atoms with Crippen LogP contribution < -0.4 is 16.0 Å². The van der Waals surface area contributed by atoms with Crippen molar-refractivity contribution in [3.8, 4) is 0 Å². The number of hydrogen-bond acceptors (Lipinski definition) is 3. The fourth-order valence-electron chi connectivity index (χ4n) is 2.00. The Hall–Kier alpha value is -2.49. The minimum Gasteiger partial charge on any atom is -0.343 e. The summed E-state index contributed by atoms with van der Waals surface area (Å²) in [5, 5.41) is 7.34. The number of halogens is 2. The fourth-order valence-corrected chi connectivity index (χ4v) is 2.63. The number of carbonyl (C=O) groups is 3. The molecular weight excluding hydrogens is 440 g/mol. The second kappa shape index (κ2) is 8.56. The zero-order chi connectivity index (χ0) is 18.4. The molecule has 130 valence electrons. The minimum atomic E-state index is -0.647. The predicted octanol–water partition coefficient (Wildman–Crippen LogP) is 2.76. The van der Waals surface area contributed by atoms with Crippen molar-refractivity contribution in [1.82, 2.24) is 5.32 Å². The van der Waals surface area contributed by atoms with Crippen molar-refractivity contribution in [3.05, 3.63) is 57.4 Å². The molecule has 8 heteroatoms. The van der Waals surface area contributed by atoms with Crippen LogP contribution >= 0.6 is 22.6 Å².